The van der Waals surface area contributed by atoms with Crippen LogP contribution in [0.2, 0.25) is 0 Å². The second-order valence-corrected chi connectivity index (χ2v) is 9.90. The summed E-state index contributed by atoms with van der Waals surface area (Å²) in [6.45, 7) is 3.52. The van der Waals surface area contributed by atoms with E-state index in [0.29, 0.717) is 6.42 Å². The summed E-state index contributed by atoms with van der Waals surface area (Å²) < 4.78 is 27.8. The molecule has 1 aromatic carbocycles. The van der Waals surface area contributed by atoms with Gasteiger partial charge in [-0.05, 0) is 49.9 Å². The number of nitrogens with one attached hydrogen (secondary N) is 2. The minimum atomic E-state index is -3.71. The van der Waals surface area contributed by atoms with E-state index in [9.17, 15) is 18.0 Å². The van der Waals surface area contributed by atoms with Crippen molar-refractivity contribution in [1.29, 1.82) is 0 Å². The van der Waals surface area contributed by atoms with Crippen molar-refractivity contribution in [2.45, 2.75) is 82.2 Å². The predicted octanol–water partition coefficient (Wildman–Crippen LogP) is 2.49. The van der Waals surface area contributed by atoms with E-state index in [1.807, 2.05) is 6.92 Å². The molecule has 2 amide bonds. The van der Waals surface area contributed by atoms with Crippen LogP contribution in [0.25, 0.3) is 0 Å². The molecule has 0 saturated heterocycles. The lowest BCUT2D eigenvalue weighted by molar-refractivity contribution is -0.121. The number of rotatable bonds is 6. The third-order valence-electron chi connectivity index (χ3n) is 5.78. The standard InChI is InChI=1S/C21H31N3O4S/c1-15-13-17-14-19(9-10-20(17)24(15)16(2)25)29(27,28)22-12-11-21(26)23-18-7-5-3-4-6-8-18/h9-10,14-15,18,22H,3-8,11-13H2,1-2H3,(H,23,26)/t15-/m0/s1. The van der Waals surface area contributed by atoms with Crippen molar-refractivity contribution in [2.75, 3.05) is 11.4 Å². The second-order valence-electron chi connectivity index (χ2n) is 8.14. The molecule has 160 valence electrons. The molecule has 0 aromatic heterocycles. The summed E-state index contributed by atoms with van der Waals surface area (Å²) >= 11 is 0. The van der Waals surface area contributed by atoms with Gasteiger partial charge < -0.3 is 10.2 Å². The molecule has 1 atom stereocenters. The van der Waals surface area contributed by atoms with Gasteiger partial charge in [0.15, 0.2) is 0 Å². The first-order chi connectivity index (χ1) is 13.8. The maximum absolute atomic E-state index is 12.6. The van der Waals surface area contributed by atoms with Crippen molar-refractivity contribution in [3.05, 3.63) is 23.8 Å². The maximum Gasteiger partial charge on any atom is 0.240 e. The Bertz CT molecular complexity index is 861. The molecule has 7 nitrogen and oxygen atoms in total. The molecule has 0 bridgehead atoms. The normalized spacial score (nSPS) is 20.2. The predicted molar refractivity (Wildman–Crippen MR) is 112 cm³/mol. The quantitative estimate of drug-likeness (QED) is 0.690. The molecule has 1 aliphatic heterocycles. The summed E-state index contributed by atoms with van der Waals surface area (Å²) in [6.07, 6.45) is 7.46. The number of hydrogen-bond donors (Lipinski definition) is 2. The number of sulfonamides is 1. The number of hydrogen-bond acceptors (Lipinski definition) is 4. The van der Waals surface area contributed by atoms with Crippen molar-refractivity contribution >= 4 is 27.5 Å². The summed E-state index contributed by atoms with van der Waals surface area (Å²) in [7, 11) is -3.71. The number of amides is 2. The fraction of sp³-hybridized carbons (Fsp3) is 0.619. The van der Waals surface area contributed by atoms with Crippen molar-refractivity contribution in [1.82, 2.24) is 10.0 Å². The molecular weight excluding hydrogens is 390 g/mol. The van der Waals surface area contributed by atoms with Crippen LogP contribution < -0.4 is 14.9 Å². The van der Waals surface area contributed by atoms with E-state index in [1.54, 1.807) is 17.0 Å². The lowest BCUT2D eigenvalue weighted by Crippen LogP contribution is -2.36. The summed E-state index contributed by atoms with van der Waals surface area (Å²) in [5, 5.41) is 3.03. The molecule has 0 unspecified atom stereocenters. The van der Waals surface area contributed by atoms with Crippen molar-refractivity contribution in [2.24, 2.45) is 0 Å². The van der Waals surface area contributed by atoms with Gasteiger partial charge in [0.05, 0.1) is 4.90 Å². The first-order valence-corrected chi connectivity index (χ1v) is 12.0. The van der Waals surface area contributed by atoms with Crippen LogP contribution in [0, 0.1) is 0 Å². The van der Waals surface area contributed by atoms with Gasteiger partial charge in [0.25, 0.3) is 0 Å². The van der Waals surface area contributed by atoms with E-state index in [0.717, 1.165) is 36.9 Å². The molecule has 0 radical (unpaired) electrons. The van der Waals surface area contributed by atoms with Gasteiger partial charge in [-0.3, -0.25) is 9.59 Å². The molecule has 2 N–H and O–H groups in total. The molecule has 8 heteroatoms. The molecule has 3 rings (SSSR count). The van der Waals surface area contributed by atoms with E-state index < -0.39 is 10.0 Å². The molecular formula is C21H31N3O4S. The van der Waals surface area contributed by atoms with Crippen LogP contribution in [0.5, 0.6) is 0 Å². The van der Waals surface area contributed by atoms with Crippen LogP contribution >= 0.6 is 0 Å². The van der Waals surface area contributed by atoms with Crippen LogP contribution in [0.15, 0.2) is 23.1 Å². The van der Waals surface area contributed by atoms with E-state index in [1.165, 1.54) is 25.8 Å². The highest BCUT2D eigenvalue weighted by Gasteiger charge is 2.30. The van der Waals surface area contributed by atoms with Gasteiger partial charge in [0.1, 0.15) is 0 Å². The van der Waals surface area contributed by atoms with E-state index in [2.05, 4.69) is 10.0 Å². The number of carbonyl (C=O) groups is 2. The highest BCUT2D eigenvalue weighted by molar-refractivity contribution is 7.89. The van der Waals surface area contributed by atoms with Crippen LogP contribution in [0.3, 0.4) is 0 Å². The zero-order valence-corrected chi connectivity index (χ0v) is 18.1. The molecule has 29 heavy (non-hydrogen) atoms. The van der Waals surface area contributed by atoms with Crippen LogP contribution in [0.4, 0.5) is 5.69 Å². The van der Waals surface area contributed by atoms with E-state index in [-0.39, 0.29) is 41.8 Å². The molecule has 1 aromatic rings. The number of carbonyl (C=O) groups excluding carboxylic acids is 2. The summed E-state index contributed by atoms with van der Waals surface area (Å²) in [4.78, 5) is 25.8. The van der Waals surface area contributed by atoms with Crippen LogP contribution in [0.1, 0.15) is 64.4 Å². The first-order valence-electron chi connectivity index (χ1n) is 10.5. The number of benzene rings is 1. The number of fused-ring (bicyclic) bond motifs is 1. The van der Waals surface area contributed by atoms with Gasteiger partial charge in [-0.2, -0.15) is 0 Å². The van der Waals surface area contributed by atoms with Crippen LogP contribution in [-0.2, 0) is 26.0 Å². The Hall–Kier alpha value is -1.93. The van der Waals surface area contributed by atoms with Crippen molar-refractivity contribution in [3.63, 3.8) is 0 Å². The lowest BCUT2D eigenvalue weighted by atomic mass is 10.1. The minimum Gasteiger partial charge on any atom is -0.353 e. The molecule has 1 fully saturated rings. The zero-order valence-electron chi connectivity index (χ0n) is 17.2. The largest absolute Gasteiger partial charge is 0.353 e. The number of anilines is 1. The molecule has 2 aliphatic rings. The SMILES string of the molecule is CC(=O)N1c2ccc(S(=O)(=O)NCCC(=O)NC3CCCCCC3)cc2C[C@@H]1C. The average Bonchev–Trinajstić information content (AvgIpc) is 2.79. The number of nitrogens with zero attached hydrogens (tertiary/aromatic N) is 1. The highest BCUT2D eigenvalue weighted by Crippen LogP contribution is 2.33. The monoisotopic (exact) mass is 421 g/mol. The van der Waals surface area contributed by atoms with E-state index in [4.69, 9.17) is 0 Å². The lowest BCUT2D eigenvalue weighted by Gasteiger charge is -2.20. The smallest absolute Gasteiger partial charge is 0.240 e. The molecule has 1 heterocycles. The minimum absolute atomic E-state index is 0.0149. The zero-order chi connectivity index (χ0) is 21.0. The Morgan fingerprint density at radius 2 is 1.83 bits per heavy atom. The van der Waals surface area contributed by atoms with Crippen LogP contribution in [-0.4, -0.2) is 38.9 Å². The fourth-order valence-electron chi connectivity index (χ4n) is 4.36. The summed E-state index contributed by atoms with van der Waals surface area (Å²) in [6, 6.07) is 5.06. The average molecular weight is 422 g/mol. The van der Waals surface area contributed by atoms with Gasteiger partial charge >= 0.3 is 0 Å². The molecule has 0 spiro atoms. The molecule has 1 aliphatic carbocycles. The van der Waals surface area contributed by atoms with Crippen molar-refractivity contribution in [3.8, 4) is 0 Å². The third-order valence-corrected chi connectivity index (χ3v) is 7.24. The van der Waals surface area contributed by atoms with Gasteiger partial charge in [-0.15, -0.1) is 0 Å². The Balaban J connectivity index is 1.55. The Morgan fingerprint density at radius 3 is 2.48 bits per heavy atom. The van der Waals surface area contributed by atoms with Gasteiger partial charge in [-0.1, -0.05) is 25.7 Å². The van der Waals surface area contributed by atoms with Crippen molar-refractivity contribution < 1.29 is 18.0 Å². The topological polar surface area (TPSA) is 95.6 Å². The Kier molecular flexibility index (Phi) is 6.95. The highest BCUT2D eigenvalue weighted by atomic mass is 32.2. The van der Waals surface area contributed by atoms with Gasteiger partial charge in [0, 0.05) is 37.7 Å². The van der Waals surface area contributed by atoms with E-state index >= 15 is 0 Å². The Morgan fingerprint density at radius 1 is 1.14 bits per heavy atom. The second kappa shape index (κ2) is 9.26. The Labute approximate surface area is 173 Å². The fourth-order valence-corrected chi connectivity index (χ4v) is 5.44. The summed E-state index contributed by atoms with van der Waals surface area (Å²) in [5.41, 5.74) is 1.62. The maximum atomic E-state index is 12.6. The third kappa shape index (κ3) is 5.36. The van der Waals surface area contributed by atoms with Gasteiger partial charge in [0.2, 0.25) is 21.8 Å². The molecule has 1 saturated carbocycles. The first kappa shape index (κ1) is 21.8. The van der Waals surface area contributed by atoms with Gasteiger partial charge in [-0.25, -0.2) is 13.1 Å². The summed E-state index contributed by atoms with van der Waals surface area (Å²) in [5.74, 6) is -0.163.